The van der Waals surface area contributed by atoms with Crippen molar-refractivity contribution in [1.29, 1.82) is 0 Å². The summed E-state index contributed by atoms with van der Waals surface area (Å²) >= 11 is 0. The molecule has 1 aliphatic rings. The third kappa shape index (κ3) is 2.96. The van der Waals surface area contributed by atoms with Crippen LogP contribution in [0.5, 0.6) is 0 Å². The Morgan fingerprint density at radius 1 is 1.42 bits per heavy atom. The number of esters is 1. The van der Waals surface area contributed by atoms with Crippen molar-refractivity contribution >= 4 is 5.97 Å². The summed E-state index contributed by atoms with van der Waals surface area (Å²) in [5.74, 6) is -0.570. The minimum atomic E-state index is -0.204. The predicted molar refractivity (Wildman–Crippen MR) is 72.6 cm³/mol. The van der Waals surface area contributed by atoms with Crippen molar-refractivity contribution in [1.82, 2.24) is 0 Å². The van der Waals surface area contributed by atoms with Gasteiger partial charge in [-0.05, 0) is 36.0 Å². The van der Waals surface area contributed by atoms with Gasteiger partial charge in [-0.2, -0.15) is 0 Å². The lowest BCUT2D eigenvalue weighted by Gasteiger charge is -2.19. The molecule has 1 aromatic carbocycles. The smallest absolute Gasteiger partial charge is 0.309 e. The molecule has 0 amide bonds. The molecule has 0 bridgehead atoms. The molecule has 3 heteroatoms. The first-order valence-electron chi connectivity index (χ1n) is 6.81. The van der Waals surface area contributed by atoms with E-state index in [0.29, 0.717) is 18.6 Å². The highest BCUT2D eigenvalue weighted by Gasteiger charge is 2.46. The van der Waals surface area contributed by atoms with Gasteiger partial charge in [0.25, 0.3) is 0 Å². The standard InChI is InChI=1S/C16H21FO2/c1-5-19-15(18)13-9-12(13)11-7-6-10(8-14(11)17)16(2,3)4/h6-8,12-13H,5,9H2,1-4H3/t12-,13+/m1/s1. The van der Waals surface area contributed by atoms with Gasteiger partial charge in [0.05, 0.1) is 12.5 Å². The molecule has 2 nitrogen and oxygen atoms in total. The van der Waals surface area contributed by atoms with Crippen molar-refractivity contribution in [2.24, 2.45) is 5.92 Å². The maximum Gasteiger partial charge on any atom is 0.309 e. The Morgan fingerprint density at radius 3 is 2.63 bits per heavy atom. The van der Waals surface area contributed by atoms with Crippen LogP contribution in [0, 0.1) is 11.7 Å². The summed E-state index contributed by atoms with van der Waals surface area (Å²) in [6.45, 7) is 8.33. The molecule has 2 rings (SSSR count). The van der Waals surface area contributed by atoms with Crippen LogP contribution in [-0.2, 0) is 14.9 Å². The van der Waals surface area contributed by atoms with Gasteiger partial charge in [-0.15, -0.1) is 0 Å². The van der Waals surface area contributed by atoms with Crippen molar-refractivity contribution in [3.8, 4) is 0 Å². The lowest BCUT2D eigenvalue weighted by atomic mass is 9.86. The van der Waals surface area contributed by atoms with Gasteiger partial charge in [-0.1, -0.05) is 32.9 Å². The molecule has 0 spiro atoms. The first-order valence-corrected chi connectivity index (χ1v) is 6.81. The number of hydrogen-bond acceptors (Lipinski definition) is 2. The number of benzene rings is 1. The molecule has 1 aliphatic carbocycles. The quantitative estimate of drug-likeness (QED) is 0.776. The summed E-state index contributed by atoms with van der Waals surface area (Å²) in [5.41, 5.74) is 1.55. The Balaban J connectivity index is 2.14. The van der Waals surface area contributed by atoms with Crippen LogP contribution in [0.15, 0.2) is 18.2 Å². The molecule has 19 heavy (non-hydrogen) atoms. The van der Waals surface area contributed by atoms with Gasteiger partial charge < -0.3 is 4.74 Å². The Morgan fingerprint density at radius 2 is 2.11 bits per heavy atom. The summed E-state index contributed by atoms with van der Waals surface area (Å²) in [4.78, 5) is 11.6. The van der Waals surface area contributed by atoms with Crippen molar-refractivity contribution < 1.29 is 13.9 Å². The summed E-state index contributed by atoms with van der Waals surface area (Å²) in [6, 6.07) is 5.37. The van der Waals surface area contributed by atoms with E-state index in [2.05, 4.69) is 20.8 Å². The fourth-order valence-electron chi connectivity index (χ4n) is 2.34. The monoisotopic (exact) mass is 264 g/mol. The second-order valence-corrected chi connectivity index (χ2v) is 6.19. The molecule has 1 saturated carbocycles. The molecule has 0 aliphatic heterocycles. The third-order valence-corrected chi connectivity index (χ3v) is 3.65. The van der Waals surface area contributed by atoms with Gasteiger partial charge in [0.2, 0.25) is 0 Å². The number of carbonyl (C=O) groups is 1. The second kappa shape index (κ2) is 4.95. The van der Waals surface area contributed by atoms with E-state index in [1.54, 1.807) is 13.0 Å². The molecule has 0 unspecified atom stereocenters. The summed E-state index contributed by atoms with van der Waals surface area (Å²) in [6.07, 6.45) is 0.699. The molecule has 0 saturated heterocycles. The molecule has 1 aromatic rings. The largest absolute Gasteiger partial charge is 0.466 e. The van der Waals surface area contributed by atoms with Crippen molar-refractivity contribution in [2.45, 2.75) is 45.4 Å². The zero-order valence-corrected chi connectivity index (χ0v) is 12.0. The molecule has 104 valence electrons. The summed E-state index contributed by atoms with van der Waals surface area (Å²) in [5, 5.41) is 0. The van der Waals surface area contributed by atoms with E-state index >= 15 is 0 Å². The van der Waals surface area contributed by atoms with Crippen LogP contribution >= 0.6 is 0 Å². The van der Waals surface area contributed by atoms with Gasteiger partial charge in [0.15, 0.2) is 0 Å². The zero-order valence-electron chi connectivity index (χ0n) is 12.0. The van der Waals surface area contributed by atoms with E-state index in [4.69, 9.17) is 4.74 Å². The highest BCUT2D eigenvalue weighted by Crippen LogP contribution is 2.49. The topological polar surface area (TPSA) is 26.3 Å². The number of hydrogen-bond donors (Lipinski definition) is 0. The summed E-state index contributed by atoms with van der Waals surface area (Å²) < 4.78 is 19.1. The molecule has 0 radical (unpaired) electrons. The van der Waals surface area contributed by atoms with Crippen molar-refractivity contribution in [3.63, 3.8) is 0 Å². The Labute approximate surface area is 114 Å². The van der Waals surface area contributed by atoms with Crippen molar-refractivity contribution in [3.05, 3.63) is 35.1 Å². The number of carbonyl (C=O) groups excluding carboxylic acids is 1. The normalized spacial score (nSPS) is 22.2. The van der Waals surface area contributed by atoms with E-state index in [0.717, 1.165) is 5.56 Å². The van der Waals surface area contributed by atoms with Crippen LogP contribution < -0.4 is 0 Å². The minimum absolute atomic E-state index is 0.00642. The zero-order chi connectivity index (χ0) is 14.2. The van der Waals surface area contributed by atoms with Crippen molar-refractivity contribution in [2.75, 3.05) is 6.61 Å². The first-order chi connectivity index (χ1) is 8.84. The molecular weight excluding hydrogens is 243 g/mol. The van der Waals surface area contributed by atoms with Crippen LogP contribution in [0.1, 0.15) is 51.2 Å². The van der Waals surface area contributed by atoms with E-state index in [9.17, 15) is 9.18 Å². The lowest BCUT2D eigenvalue weighted by Crippen LogP contribution is -2.12. The Hall–Kier alpha value is -1.38. The van der Waals surface area contributed by atoms with Gasteiger partial charge in [0, 0.05) is 5.92 Å². The molecule has 0 N–H and O–H groups in total. The molecular formula is C16H21FO2. The molecule has 1 fully saturated rings. The van der Waals surface area contributed by atoms with Crippen LogP contribution in [0.4, 0.5) is 4.39 Å². The van der Waals surface area contributed by atoms with Gasteiger partial charge in [0.1, 0.15) is 5.82 Å². The number of rotatable bonds is 3. The van der Waals surface area contributed by atoms with Crippen LogP contribution in [0.2, 0.25) is 0 Å². The SMILES string of the molecule is CCOC(=O)[C@H]1C[C@@H]1c1ccc(C(C)(C)C)cc1F. The average Bonchev–Trinajstić information content (AvgIpc) is 3.08. The minimum Gasteiger partial charge on any atom is -0.466 e. The fraction of sp³-hybridized carbons (Fsp3) is 0.562. The third-order valence-electron chi connectivity index (χ3n) is 3.65. The highest BCUT2D eigenvalue weighted by atomic mass is 19.1. The Kier molecular flexibility index (Phi) is 3.66. The van der Waals surface area contributed by atoms with E-state index in [-0.39, 0.29) is 29.0 Å². The Bertz CT molecular complexity index is 488. The lowest BCUT2D eigenvalue weighted by molar-refractivity contribution is -0.144. The van der Waals surface area contributed by atoms with Crippen LogP contribution in [-0.4, -0.2) is 12.6 Å². The fourth-order valence-corrected chi connectivity index (χ4v) is 2.34. The number of ether oxygens (including phenoxy) is 1. The molecule has 0 aromatic heterocycles. The summed E-state index contributed by atoms with van der Waals surface area (Å²) in [7, 11) is 0. The predicted octanol–water partition coefficient (Wildman–Crippen LogP) is 3.79. The first kappa shape index (κ1) is 14.0. The van der Waals surface area contributed by atoms with Gasteiger partial charge in [-0.25, -0.2) is 4.39 Å². The second-order valence-electron chi connectivity index (χ2n) is 6.19. The van der Waals surface area contributed by atoms with Crippen LogP contribution in [0.3, 0.4) is 0 Å². The van der Waals surface area contributed by atoms with E-state index < -0.39 is 0 Å². The molecule has 0 heterocycles. The molecule has 2 atom stereocenters. The highest BCUT2D eigenvalue weighted by molar-refractivity contribution is 5.77. The van der Waals surface area contributed by atoms with E-state index in [1.165, 1.54) is 0 Å². The maximum absolute atomic E-state index is 14.1. The van der Waals surface area contributed by atoms with Gasteiger partial charge in [-0.3, -0.25) is 4.79 Å². The average molecular weight is 264 g/mol. The van der Waals surface area contributed by atoms with Gasteiger partial charge >= 0.3 is 5.97 Å². The maximum atomic E-state index is 14.1. The number of halogens is 1. The van der Waals surface area contributed by atoms with Crippen LogP contribution in [0.25, 0.3) is 0 Å². The van der Waals surface area contributed by atoms with E-state index in [1.807, 2.05) is 12.1 Å².